The molecule has 1 aliphatic heterocycles. The number of benzene rings is 2. The molecule has 0 spiro atoms. The molecule has 0 bridgehead atoms. The number of rotatable bonds is 4. The van der Waals surface area contributed by atoms with Gasteiger partial charge in [0.2, 0.25) is 5.91 Å². The van der Waals surface area contributed by atoms with E-state index < -0.39 is 0 Å². The Morgan fingerprint density at radius 2 is 2.05 bits per heavy atom. The third-order valence-electron chi connectivity index (χ3n) is 3.90. The van der Waals surface area contributed by atoms with Crippen LogP contribution in [0.1, 0.15) is 18.4 Å². The molecule has 2 aromatic carbocycles. The Morgan fingerprint density at radius 3 is 2.91 bits per heavy atom. The van der Waals surface area contributed by atoms with Gasteiger partial charge in [0, 0.05) is 30.9 Å². The lowest BCUT2D eigenvalue weighted by Gasteiger charge is -2.29. The van der Waals surface area contributed by atoms with Gasteiger partial charge >= 0.3 is 0 Å². The minimum absolute atomic E-state index is 0.107. The molecular formula is C18H19FN2O. The second-order valence-corrected chi connectivity index (χ2v) is 5.46. The van der Waals surface area contributed by atoms with Crippen LogP contribution in [-0.4, -0.2) is 19.0 Å². The van der Waals surface area contributed by atoms with Gasteiger partial charge in [-0.15, -0.1) is 0 Å². The molecular weight excluding hydrogens is 279 g/mol. The maximum atomic E-state index is 13.1. The third-order valence-corrected chi connectivity index (χ3v) is 3.90. The number of anilines is 2. The molecule has 2 aromatic rings. The molecule has 0 atom stereocenters. The van der Waals surface area contributed by atoms with Crippen molar-refractivity contribution in [2.24, 2.45) is 0 Å². The number of amides is 1. The van der Waals surface area contributed by atoms with Crippen LogP contribution in [0, 0.1) is 5.82 Å². The number of hydrogen-bond donors (Lipinski definition) is 1. The normalized spacial score (nSPS) is 13.6. The summed E-state index contributed by atoms with van der Waals surface area (Å²) >= 11 is 0. The Bertz CT molecular complexity index is 672. The molecule has 4 heteroatoms. The minimum atomic E-state index is -0.277. The van der Waals surface area contributed by atoms with Crippen LogP contribution >= 0.6 is 0 Å². The number of fused-ring (bicyclic) bond motifs is 1. The number of hydrogen-bond acceptors (Lipinski definition) is 2. The number of carbonyl (C=O) groups is 1. The quantitative estimate of drug-likeness (QED) is 0.935. The van der Waals surface area contributed by atoms with E-state index >= 15 is 0 Å². The van der Waals surface area contributed by atoms with E-state index in [0.717, 1.165) is 25.1 Å². The zero-order chi connectivity index (χ0) is 15.4. The first-order chi connectivity index (χ1) is 10.7. The van der Waals surface area contributed by atoms with Gasteiger partial charge in [-0.25, -0.2) is 4.39 Å². The molecule has 3 nitrogen and oxygen atoms in total. The molecule has 1 heterocycles. The number of nitrogens with zero attached hydrogens (tertiary/aromatic N) is 1. The van der Waals surface area contributed by atoms with E-state index in [-0.39, 0.29) is 11.7 Å². The zero-order valence-corrected chi connectivity index (χ0v) is 12.4. The molecule has 3 rings (SSSR count). The highest BCUT2D eigenvalue weighted by Gasteiger charge is 2.21. The molecule has 114 valence electrons. The summed E-state index contributed by atoms with van der Waals surface area (Å²) in [5, 5.41) is 3.09. The zero-order valence-electron chi connectivity index (χ0n) is 12.4. The third kappa shape index (κ3) is 3.27. The number of nitrogens with one attached hydrogen (secondary N) is 1. The average Bonchev–Trinajstić information content (AvgIpc) is 2.54. The van der Waals surface area contributed by atoms with Crippen LogP contribution in [0.2, 0.25) is 0 Å². The molecule has 1 N–H and O–H groups in total. The predicted octanol–water partition coefficient (Wildman–Crippen LogP) is 3.61. The lowest BCUT2D eigenvalue weighted by Crippen LogP contribution is -2.36. The summed E-state index contributed by atoms with van der Waals surface area (Å²) in [7, 11) is 0. The summed E-state index contributed by atoms with van der Waals surface area (Å²) in [6, 6.07) is 14.4. The smallest absolute Gasteiger partial charge is 0.228 e. The van der Waals surface area contributed by atoms with Crippen molar-refractivity contribution in [3.63, 3.8) is 0 Å². The average molecular weight is 298 g/mol. The highest BCUT2D eigenvalue weighted by atomic mass is 19.1. The standard InChI is InChI=1S/C18H19FN2O/c19-15-7-3-8-16(13-15)20-11-10-18(22)21-12-4-6-14-5-1-2-9-17(14)21/h1-3,5,7-9,13,20H,4,6,10-12H2. The first-order valence-corrected chi connectivity index (χ1v) is 7.62. The van der Waals surface area contributed by atoms with E-state index in [1.54, 1.807) is 12.1 Å². The lowest BCUT2D eigenvalue weighted by molar-refractivity contribution is -0.118. The summed E-state index contributed by atoms with van der Waals surface area (Å²) in [5.74, 6) is -0.169. The molecule has 1 aliphatic rings. The Morgan fingerprint density at radius 1 is 1.18 bits per heavy atom. The van der Waals surface area contributed by atoms with Crippen molar-refractivity contribution in [1.82, 2.24) is 0 Å². The molecule has 0 aliphatic carbocycles. The number of para-hydroxylation sites is 1. The first-order valence-electron chi connectivity index (χ1n) is 7.62. The van der Waals surface area contributed by atoms with E-state index in [2.05, 4.69) is 11.4 Å². The van der Waals surface area contributed by atoms with Gasteiger partial charge in [-0.2, -0.15) is 0 Å². The van der Waals surface area contributed by atoms with Crippen LogP contribution < -0.4 is 10.2 Å². The van der Waals surface area contributed by atoms with E-state index in [9.17, 15) is 9.18 Å². The van der Waals surface area contributed by atoms with E-state index in [1.807, 2.05) is 23.1 Å². The topological polar surface area (TPSA) is 32.3 Å². The number of halogens is 1. The molecule has 0 radical (unpaired) electrons. The SMILES string of the molecule is O=C(CCNc1cccc(F)c1)N1CCCc2ccccc21. The van der Waals surface area contributed by atoms with Crippen molar-refractivity contribution in [3.05, 3.63) is 59.9 Å². The fourth-order valence-electron chi connectivity index (χ4n) is 2.84. The number of aryl methyl sites for hydroxylation is 1. The van der Waals surface area contributed by atoms with Crippen LogP contribution in [0.15, 0.2) is 48.5 Å². The monoisotopic (exact) mass is 298 g/mol. The first kappa shape index (κ1) is 14.6. The molecule has 0 saturated carbocycles. The molecule has 0 unspecified atom stereocenters. The van der Waals surface area contributed by atoms with Crippen molar-refractivity contribution >= 4 is 17.3 Å². The predicted molar refractivity (Wildman–Crippen MR) is 86.6 cm³/mol. The Hall–Kier alpha value is -2.36. The van der Waals surface area contributed by atoms with Gasteiger partial charge in [-0.05, 0) is 42.7 Å². The maximum Gasteiger partial charge on any atom is 0.228 e. The fourth-order valence-corrected chi connectivity index (χ4v) is 2.84. The van der Waals surface area contributed by atoms with Crippen LogP contribution in [-0.2, 0) is 11.2 Å². The van der Waals surface area contributed by atoms with Crippen molar-refractivity contribution < 1.29 is 9.18 Å². The van der Waals surface area contributed by atoms with Crippen LogP contribution in [0.25, 0.3) is 0 Å². The van der Waals surface area contributed by atoms with Crippen molar-refractivity contribution in [2.45, 2.75) is 19.3 Å². The molecule has 0 fully saturated rings. The van der Waals surface area contributed by atoms with Gasteiger partial charge in [0.05, 0.1) is 0 Å². The summed E-state index contributed by atoms with van der Waals surface area (Å²) in [4.78, 5) is 14.3. The van der Waals surface area contributed by atoms with Crippen LogP contribution in [0.5, 0.6) is 0 Å². The second-order valence-electron chi connectivity index (χ2n) is 5.46. The number of carbonyl (C=O) groups excluding carboxylic acids is 1. The molecule has 22 heavy (non-hydrogen) atoms. The van der Waals surface area contributed by atoms with Gasteiger partial charge in [0.25, 0.3) is 0 Å². The van der Waals surface area contributed by atoms with Crippen LogP contribution in [0.4, 0.5) is 15.8 Å². The Labute approximate surface area is 129 Å². The molecule has 1 amide bonds. The van der Waals surface area contributed by atoms with Gasteiger partial charge < -0.3 is 10.2 Å². The van der Waals surface area contributed by atoms with Gasteiger partial charge in [0.15, 0.2) is 0 Å². The van der Waals surface area contributed by atoms with Gasteiger partial charge in [-0.3, -0.25) is 4.79 Å². The van der Waals surface area contributed by atoms with E-state index in [4.69, 9.17) is 0 Å². The minimum Gasteiger partial charge on any atom is -0.384 e. The Balaban J connectivity index is 1.59. The summed E-state index contributed by atoms with van der Waals surface area (Å²) in [6.07, 6.45) is 2.42. The van der Waals surface area contributed by atoms with E-state index in [0.29, 0.717) is 18.7 Å². The van der Waals surface area contributed by atoms with Crippen molar-refractivity contribution in [1.29, 1.82) is 0 Å². The van der Waals surface area contributed by atoms with Crippen molar-refractivity contribution in [2.75, 3.05) is 23.3 Å². The summed E-state index contributed by atoms with van der Waals surface area (Å²) in [6.45, 7) is 1.27. The van der Waals surface area contributed by atoms with Gasteiger partial charge in [-0.1, -0.05) is 24.3 Å². The molecule has 0 saturated heterocycles. The van der Waals surface area contributed by atoms with Crippen molar-refractivity contribution in [3.8, 4) is 0 Å². The lowest BCUT2D eigenvalue weighted by atomic mass is 10.0. The van der Waals surface area contributed by atoms with Crippen LogP contribution in [0.3, 0.4) is 0 Å². The summed E-state index contributed by atoms with van der Waals surface area (Å²) in [5.41, 5.74) is 2.97. The fraction of sp³-hybridized carbons (Fsp3) is 0.278. The highest BCUT2D eigenvalue weighted by Crippen LogP contribution is 2.27. The molecule has 0 aromatic heterocycles. The van der Waals surface area contributed by atoms with Gasteiger partial charge in [0.1, 0.15) is 5.82 Å². The Kier molecular flexibility index (Phi) is 4.37. The highest BCUT2D eigenvalue weighted by molar-refractivity contribution is 5.94. The second kappa shape index (κ2) is 6.60. The van der Waals surface area contributed by atoms with E-state index in [1.165, 1.54) is 17.7 Å². The summed E-state index contributed by atoms with van der Waals surface area (Å²) < 4.78 is 13.1. The maximum absolute atomic E-state index is 13.1. The largest absolute Gasteiger partial charge is 0.384 e.